The lowest BCUT2D eigenvalue weighted by molar-refractivity contribution is -0.166. The van der Waals surface area contributed by atoms with Crippen LogP contribution in [0.1, 0.15) is 35.3 Å². The summed E-state index contributed by atoms with van der Waals surface area (Å²) in [6.07, 6.45) is -2.51. The SMILES string of the molecule is CO[C@@]1(C)[C@@H](O)C(=O)C(C)=C2OC(=O)c3c(C)cc(O)c(C)c3O[C@@H]21. The van der Waals surface area contributed by atoms with Gasteiger partial charge in [-0.25, -0.2) is 4.79 Å². The summed E-state index contributed by atoms with van der Waals surface area (Å²) in [6.45, 7) is 6.23. The number of hydrogen-bond donors (Lipinski definition) is 2. The highest BCUT2D eigenvalue weighted by atomic mass is 16.6. The number of hydrogen-bond acceptors (Lipinski definition) is 7. The average molecular weight is 348 g/mol. The van der Waals surface area contributed by atoms with Gasteiger partial charge in [0.1, 0.15) is 28.8 Å². The molecule has 3 atom stereocenters. The number of ketones is 1. The molecule has 25 heavy (non-hydrogen) atoms. The molecule has 1 aromatic rings. The summed E-state index contributed by atoms with van der Waals surface area (Å²) in [5, 5.41) is 20.5. The molecule has 0 saturated carbocycles. The van der Waals surface area contributed by atoms with Crippen molar-refractivity contribution in [3.63, 3.8) is 0 Å². The molecular weight excluding hydrogens is 328 g/mol. The fourth-order valence-electron chi connectivity index (χ4n) is 3.24. The fraction of sp³-hybridized carbons (Fsp3) is 0.444. The van der Waals surface area contributed by atoms with Crippen molar-refractivity contribution in [2.75, 3.05) is 7.11 Å². The predicted molar refractivity (Wildman–Crippen MR) is 86.5 cm³/mol. The number of Topliss-reactive ketones (excluding diaryl/α,β-unsaturated/α-hetero) is 1. The number of aromatic hydroxyl groups is 1. The maximum absolute atomic E-state index is 12.6. The van der Waals surface area contributed by atoms with E-state index in [9.17, 15) is 19.8 Å². The van der Waals surface area contributed by atoms with Gasteiger partial charge in [0, 0.05) is 18.2 Å². The molecule has 2 N–H and O–H groups in total. The first-order chi connectivity index (χ1) is 11.6. The Bertz CT molecular complexity index is 823. The monoisotopic (exact) mass is 348 g/mol. The fourth-order valence-corrected chi connectivity index (χ4v) is 3.24. The summed E-state index contributed by atoms with van der Waals surface area (Å²) in [7, 11) is 1.34. The molecule has 134 valence electrons. The van der Waals surface area contributed by atoms with Crippen LogP contribution >= 0.6 is 0 Å². The summed E-state index contributed by atoms with van der Waals surface area (Å²) >= 11 is 0. The van der Waals surface area contributed by atoms with Crippen LogP contribution in [-0.4, -0.2) is 46.9 Å². The van der Waals surface area contributed by atoms with E-state index in [0.717, 1.165) is 0 Å². The van der Waals surface area contributed by atoms with E-state index < -0.39 is 29.6 Å². The lowest BCUT2D eigenvalue weighted by Gasteiger charge is -2.42. The van der Waals surface area contributed by atoms with Crippen LogP contribution in [0.2, 0.25) is 0 Å². The number of aliphatic hydroxyl groups is 1. The molecule has 0 saturated heterocycles. The number of phenols is 1. The van der Waals surface area contributed by atoms with E-state index in [1.807, 2.05) is 0 Å². The molecule has 0 amide bonds. The van der Waals surface area contributed by atoms with Crippen molar-refractivity contribution < 1.29 is 34.0 Å². The molecule has 3 rings (SSSR count). The summed E-state index contributed by atoms with van der Waals surface area (Å²) in [5.74, 6) is -1.14. The largest absolute Gasteiger partial charge is 0.508 e. The Balaban J connectivity index is 2.30. The van der Waals surface area contributed by atoms with E-state index in [-0.39, 0.29) is 28.4 Å². The number of benzene rings is 1. The average Bonchev–Trinajstić information content (AvgIpc) is 2.73. The number of fused-ring (bicyclic) bond motifs is 2. The van der Waals surface area contributed by atoms with Gasteiger partial charge in [0.05, 0.1) is 0 Å². The number of rotatable bonds is 1. The Kier molecular flexibility index (Phi) is 3.89. The molecule has 0 unspecified atom stereocenters. The van der Waals surface area contributed by atoms with E-state index in [1.165, 1.54) is 27.0 Å². The summed E-state index contributed by atoms with van der Waals surface area (Å²) in [6, 6.07) is 1.45. The minimum Gasteiger partial charge on any atom is -0.508 e. The third kappa shape index (κ3) is 2.26. The van der Waals surface area contributed by atoms with Crippen molar-refractivity contribution in [3.05, 3.63) is 34.1 Å². The molecule has 2 aliphatic rings. The highest BCUT2D eigenvalue weighted by Gasteiger charge is 2.56. The number of methoxy groups -OCH3 is 1. The number of aliphatic hydroxyl groups excluding tert-OH is 1. The van der Waals surface area contributed by atoms with Gasteiger partial charge in [0.15, 0.2) is 17.6 Å². The molecule has 1 heterocycles. The maximum Gasteiger partial charge on any atom is 0.347 e. The number of carbonyl (C=O) groups excluding carboxylic acids is 2. The standard InChI is InChI=1S/C18H20O7/c1-7-6-10(19)8(2)13-11(7)17(22)25-14-9(3)12(20)15(21)18(4,23-5)16(14)24-13/h6,15-16,19,21H,1-5H3/t15-,16-,18-/m0/s1. The number of carbonyl (C=O) groups is 2. The first-order valence-corrected chi connectivity index (χ1v) is 7.83. The summed E-state index contributed by atoms with van der Waals surface area (Å²) in [4.78, 5) is 25.0. The van der Waals surface area contributed by atoms with E-state index in [2.05, 4.69) is 0 Å². The van der Waals surface area contributed by atoms with Crippen LogP contribution < -0.4 is 4.74 Å². The quantitative estimate of drug-likeness (QED) is 0.742. The van der Waals surface area contributed by atoms with Crippen molar-refractivity contribution in [2.24, 2.45) is 0 Å². The molecule has 1 aliphatic carbocycles. The maximum atomic E-state index is 12.6. The highest BCUT2D eigenvalue weighted by Crippen LogP contribution is 2.44. The molecule has 0 fully saturated rings. The topological polar surface area (TPSA) is 102 Å². The van der Waals surface area contributed by atoms with Crippen molar-refractivity contribution in [1.29, 1.82) is 0 Å². The van der Waals surface area contributed by atoms with Gasteiger partial charge in [-0.15, -0.1) is 0 Å². The molecule has 7 nitrogen and oxygen atoms in total. The van der Waals surface area contributed by atoms with Crippen LogP contribution in [-0.2, 0) is 14.3 Å². The Morgan fingerprint density at radius 2 is 1.88 bits per heavy atom. The van der Waals surface area contributed by atoms with Crippen LogP contribution in [0.4, 0.5) is 0 Å². The van der Waals surface area contributed by atoms with Crippen LogP contribution in [0.25, 0.3) is 0 Å². The van der Waals surface area contributed by atoms with Crippen molar-refractivity contribution in [1.82, 2.24) is 0 Å². The van der Waals surface area contributed by atoms with E-state index in [4.69, 9.17) is 14.2 Å². The molecule has 1 aliphatic heterocycles. The van der Waals surface area contributed by atoms with E-state index >= 15 is 0 Å². The second-order valence-electron chi connectivity index (χ2n) is 6.57. The zero-order valence-corrected chi connectivity index (χ0v) is 14.7. The van der Waals surface area contributed by atoms with Gasteiger partial charge in [-0.3, -0.25) is 4.79 Å². The molecule has 0 bridgehead atoms. The lowest BCUT2D eigenvalue weighted by Crippen LogP contribution is -2.60. The zero-order valence-electron chi connectivity index (χ0n) is 14.7. The van der Waals surface area contributed by atoms with Gasteiger partial charge >= 0.3 is 5.97 Å². The lowest BCUT2D eigenvalue weighted by atomic mass is 9.79. The first-order valence-electron chi connectivity index (χ1n) is 7.83. The van der Waals surface area contributed by atoms with Gasteiger partial charge in [0.25, 0.3) is 0 Å². The predicted octanol–water partition coefficient (Wildman–Crippen LogP) is 1.55. The summed E-state index contributed by atoms with van der Waals surface area (Å²) in [5.41, 5.74) is -0.343. The van der Waals surface area contributed by atoms with Crippen molar-refractivity contribution in [2.45, 2.75) is 45.5 Å². The number of aryl methyl sites for hydroxylation is 1. The normalized spacial score (nSPS) is 28.7. The van der Waals surface area contributed by atoms with E-state index in [1.54, 1.807) is 13.8 Å². The second kappa shape index (κ2) is 5.57. The molecule has 7 heteroatoms. The molecule has 0 aromatic heterocycles. The van der Waals surface area contributed by atoms with Crippen LogP contribution in [0.5, 0.6) is 11.5 Å². The third-order valence-corrected chi connectivity index (χ3v) is 5.07. The van der Waals surface area contributed by atoms with Gasteiger partial charge in [0.2, 0.25) is 0 Å². The molecule has 1 aromatic carbocycles. The zero-order chi connectivity index (χ0) is 18.7. The Hall–Kier alpha value is -2.38. The highest BCUT2D eigenvalue weighted by molar-refractivity contribution is 6.03. The van der Waals surface area contributed by atoms with Gasteiger partial charge < -0.3 is 24.4 Å². The van der Waals surface area contributed by atoms with Gasteiger partial charge in [-0.05, 0) is 39.3 Å². The minimum atomic E-state index is -1.48. The summed E-state index contributed by atoms with van der Waals surface area (Å²) < 4.78 is 16.9. The molecule has 0 spiro atoms. The Morgan fingerprint density at radius 1 is 1.24 bits per heavy atom. The van der Waals surface area contributed by atoms with Crippen molar-refractivity contribution in [3.8, 4) is 11.5 Å². The van der Waals surface area contributed by atoms with Crippen LogP contribution in [0.3, 0.4) is 0 Å². The number of esters is 1. The third-order valence-electron chi connectivity index (χ3n) is 5.07. The molecule has 0 radical (unpaired) electrons. The number of ether oxygens (including phenoxy) is 3. The van der Waals surface area contributed by atoms with E-state index in [0.29, 0.717) is 11.1 Å². The van der Waals surface area contributed by atoms with Crippen LogP contribution in [0, 0.1) is 13.8 Å². The van der Waals surface area contributed by atoms with Crippen LogP contribution in [0.15, 0.2) is 17.4 Å². The molecular formula is C18H20O7. The first kappa shape index (κ1) is 17.4. The minimum absolute atomic E-state index is 0.0131. The van der Waals surface area contributed by atoms with Gasteiger partial charge in [-0.2, -0.15) is 0 Å². The second-order valence-corrected chi connectivity index (χ2v) is 6.57. The Labute approximate surface area is 144 Å². The Morgan fingerprint density at radius 3 is 2.48 bits per heavy atom. The number of phenolic OH excluding ortho intramolecular Hbond substituents is 1. The smallest absolute Gasteiger partial charge is 0.347 e. The van der Waals surface area contributed by atoms with Gasteiger partial charge in [-0.1, -0.05) is 0 Å². The van der Waals surface area contributed by atoms with Crippen molar-refractivity contribution >= 4 is 11.8 Å².